The summed E-state index contributed by atoms with van der Waals surface area (Å²) in [4.78, 5) is 29.8. The molecule has 7 nitrogen and oxygen atoms in total. The number of rotatable bonds is 5. The summed E-state index contributed by atoms with van der Waals surface area (Å²) in [6.45, 7) is 7.12. The molecule has 1 spiro atoms. The summed E-state index contributed by atoms with van der Waals surface area (Å²) in [5.74, 6) is 6.12. The molecule has 1 saturated heterocycles. The highest BCUT2D eigenvalue weighted by molar-refractivity contribution is 5.94. The first-order chi connectivity index (χ1) is 21.6. The molecule has 45 heavy (non-hydrogen) atoms. The van der Waals surface area contributed by atoms with E-state index in [1.165, 1.54) is 18.1 Å². The minimum atomic E-state index is -1.06. The minimum absolute atomic E-state index is 0.0920. The van der Waals surface area contributed by atoms with Crippen LogP contribution in [-0.2, 0) is 27.8 Å². The van der Waals surface area contributed by atoms with Gasteiger partial charge < -0.3 is 19.5 Å². The molecule has 4 aliphatic rings. The Balaban J connectivity index is 1.24. The third-order valence-corrected chi connectivity index (χ3v) is 10.9. The number of amides is 1. The van der Waals surface area contributed by atoms with Gasteiger partial charge >= 0.3 is 5.97 Å². The van der Waals surface area contributed by atoms with Gasteiger partial charge in [0.25, 0.3) is 5.91 Å². The molecular formula is C38H40N2O5. The quantitative estimate of drug-likeness (QED) is 0.263. The molecule has 3 aromatic rings. The number of benzene rings is 3. The zero-order valence-corrected chi connectivity index (χ0v) is 26.4. The van der Waals surface area contributed by atoms with Gasteiger partial charge in [0.05, 0.1) is 17.1 Å². The van der Waals surface area contributed by atoms with Crippen molar-refractivity contribution in [1.29, 1.82) is 0 Å². The lowest BCUT2D eigenvalue weighted by Gasteiger charge is -2.64. The molecule has 5 atom stereocenters. The minimum Gasteiger partial charge on any atom is -0.483 e. The zero-order chi connectivity index (χ0) is 31.5. The first-order valence-corrected chi connectivity index (χ1v) is 16.0. The number of piperidine rings is 1. The van der Waals surface area contributed by atoms with Crippen LogP contribution in [0.2, 0.25) is 0 Å². The van der Waals surface area contributed by atoms with Crippen molar-refractivity contribution in [1.82, 2.24) is 9.80 Å². The molecule has 0 aromatic heterocycles. The van der Waals surface area contributed by atoms with E-state index in [1.807, 2.05) is 43.3 Å². The molecule has 7 rings (SSSR count). The third kappa shape index (κ3) is 4.65. The fourth-order valence-corrected chi connectivity index (χ4v) is 8.59. The number of carbonyl (C=O) groups excluding carboxylic acids is 2. The number of likely N-dealkylation sites (N-methyl/N-ethyl adjacent to an activating group) is 1. The highest BCUT2D eigenvalue weighted by Crippen LogP contribution is 2.66. The monoisotopic (exact) mass is 604 g/mol. The number of nitrogens with zero attached hydrogens (tertiary/aromatic N) is 2. The maximum absolute atomic E-state index is 13.6. The predicted molar refractivity (Wildman–Crippen MR) is 171 cm³/mol. The summed E-state index contributed by atoms with van der Waals surface area (Å²) in [7, 11) is 1.79. The summed E-state index contributed by atoms with van der Waals surface area (Å²) < 4.78 is 12.5. The van der Waals surface area contributed by atoms with Gasteiger partial charge in [-0.3, -0.25) is 14.5 Å². The molecule has 2 heterocycles. The van der Waals surface area contributed by atoms with E-state index in [2.05, 4.69) is 47.9 Å². The van der Waals surface area contributed by atoms with E-state index in [9.17, 15) is 14.7 Å². The Morgan fingerprint density at radius 3 is 2.64 bits per heavy atom. The van der Waals surface area contributed by atoms with Crippen molar-refractivity contribution < 1.29 is 24.2 Å². The number of likely N-dealkylation sites (tertiary alicyclic amines) is 1. The van der Waals surface area contributed by atoms with E-state index in [0.29, 0.717) is 37.2 Å². The summed E-state index contributed by atoms with van der Waals surface area (Å²) in [5, 5.41) is 12.9. The van der Waals surface area contributed by atoms with Crippen molar-refractivity contribution in [3.05, 3.63) is 94.0 Å². The summed E-state index contributed by atoms with van der Waals surface area (Å²) in [6.07, 6.45) is 2.87. The number of ether oxygens (including phenoxy) is 2. The second-order valence-electron chi connectivity index (χ2n) is 13.3. The van der Waals surface area contributed by atoms with Gasteiger partial charge in [-0.15, -0.1) is 0 Å². The highest BCUT2D eigenvalue weighted by Gasteiger charge is 2.73. The van der Waals surface area contributed by atoms with Crippen LogP contribution >= 0.6 is 0 Å². The molecule has 2 aliphatic heterocycles. The smallest absolute Gasteiger partial charge is 0.308 e. The zero-order valence-electron chi connectivity index (χ0n) is 26.4. The van der Waals surface area contributed by atoms with Crippen LogP contribution in [0, 0.1) is 25.7 Å². The lowest BCUT2D eigenvalue weighted by Crippen LogP contribution is -2.78. The molecule has 7 heteroatoms. The fourth-order valence-electron chi connectivity index (χ4n) is 8.59. The molecule has 2 fully saturated rings. The van der Waals surface area contributed by atoms with Crippen molar-refractivity contribution >= 4 is 11.9 Å². The van der Waals surface area contributed by atoms with Gasteiger partial charge in [0, 0.05) is 43.6 Å². The van der Waals surface area contributed by atoms with Crippen LogP contribution in [0.3, 0.4) is 0 Å². The van der Waals surface area contributed by atoms with Gasteiger partial charge in [0.1, 0.15) is 6.10 Å². The number of aryl methyl sites for hydroxylation is 2. The van der Waals surface area contributed by atoms with Gasteiger partial charge in [-0.1, -0.05) is 48.4 Å². The Bertz CT molecular complexity index is 1740. The lowest BCUT2D eigenvalue weighted by molar-refractivity contribution is -0.199. The number of aliphatic hydroxyl groups is 1. The Hall–Kier alpha value is -4.12. The van der Waals surface area contributed by atoms with E-state index >= 15 is 0 Å². The van der Waals surface area contributed by atoms with Crippen molar-refractivity contribution in [2.75, 3.05) is 20.1 Å². The van der Waals surface area contributed by atoms with Gasteiger partial charge in [-0.05, 0) is 92.9 Å². The number of hydrogen-bond acceptors (Lipinski definition) is 6. The fraction of sp³-hybridized carbons (Fsp3) is 0.421. The van der Waals surface area contributed by atoms with E-state index < -0.39 is 23.1 Å². The van der Waals surface area contributed by atoms with Crippen LogP contribution < -0.4 is 9.47 Å². The summed E-state index contributed by atoms with van der Waals surface area (Å²) in [5.41, 5.74) is 4.67. The summed E-state index contributed by atoms with van der Waals surface area (Å²) >= 11 is 0. The topological polar surface area (TPSA) is 79.3 Å². The van der Waals surface area contributed by atoms with Crippen molar-refractivity contribution in [3.8, 4) is 23.3 Å². The molecule has 232 valence electrons. The SMILES string of the molecule is CC(=O)Oc1ccc2c3c1O[C@H]1[C@@H](N(C)C(=O)C#Cc4ccc(C)c(C)c4)CC[C@@]4(O)[C@@H](C2)N(CCc2ccccc2)CC[C@]314. The molecule has 0 radical (unpaired) electrons. The average Bonchev–Trinajstić information content (AvgIpc) is 3.38. The molecule has 3 aromatic carbocycles. The molecule has 1 N–H and O–H groups in total. The first kappa shape index (κ1) is 29.6. The van der Waals surface area contributed by atoms with Crippen LogP contribution in [0.5, 0.6) is 11.5 Å². The van der Waals surface area contributed by atoms with E-state index in [1.54, 1.807) is 11.9 Å². The molecule has 2 aliphatic carbocycles. The Kier molecular flexibility index (Phi) is 7.26. The molecule has 1 amide bonds. The van der Waals surface area contributed by atoms with Gasteiger partial charge in [-0.2, -0.15) is 0 Å². The summed E-state index contributed by atoms with van der Waals surface area (Å²) in [6, 6.07) is 19.9. The van der Waals surface area contributed by atoms with Crippen LogP contribution in [0.15, 0.2) is 60.7 Å². The lowest BCUT2D eigenvalue weighted by atomic mass is 9.48. The molecular weight excluding hydrogens is 564 g/mol. The molecule has 1 saturated carbocycles. The first-order valence-electron chi connectivity index (χ1n) is 16.0. The molecule has 0 unspecified atom stereocenters. The van der Waals surface area contributed by atoms with Crippen molar-refractivity contribution in [2.24, 2.45) is 0 Å². The number of esters is 1. The molecule has 2 bridgehead atoms. The van der Waals surface area contributed by atoms with E-state index in [4.69, 9.17) is 9.47 Å². The van der Waals surface area contributed by atoms with E-state index in [-0.39, 0.29) is 18.0 Å². The maximum atomic E-state index is 13.6. The number of carbonyl (C=O) groups is 2. The normalized spacial score (nSPS) is 27.4. The third-order valence-electron chi connectivity index (χ3n) is 10.9. The van der Waals surface area contributed by atoms with Gasteiger partial charge in [0.2, 0.25) is 0 Å². The standard InChI is InChI=1S/C38H40N2O5/c1-24-10-11-28(22-25(24)2)12-15-33(42)39(4)30-16-18-38(43)32-23-29-13-14-31(44-26(3)41)35-34(29)37(38,36(30)45-35)19-21-40(32)20-17-27-8-6-5-7-9-27/h5-11,13-14,22,30,32,36,43H,16-21,23H2,1-4H3/t30-,32+,36-,37-,38+/m0/s1. The predicted octanol–water partition coefficient (Wildman–Crippen LogP) is 4.50. The average molecular weight is 605 g/mol. The largest absolute Gasteiger partial charge is 0.483 e. The van der Waals surface area contributed by atoms with Crippen molar-refractivity contribution in [2.45, 2.75) is 82.1 Å². The second kappa shape index (κ2) is 11.0. The van der Waals surface area contributed by atoms with Crippen LogP contribution in [0.25, 0.3) is 0 Å². The van der Waals surface area contributed by atoms with Crippen LogP contribution in [0.1, 0.15) is 59.6 Å². The van der Waals surface area contributed by atoms with Crippen molar-refractivity contribution in [3.63, 3.8) is 0 Å². The number of hydrogen-bond donors (Lipinski definition) is 1. The van der Waals surface area contributed by atoms with Crippen LogP contribution in [-0.4, -0.2) is 70.7 Å². The Morgan fingerprint density at radius 1 is 1.09 bits per heavy atom. The van der Waals surface area contributed by atoms with Crippen LogP contribution in [0.4, 0.5) is 0 Å². The Labute approximate surface area is 265 Å². The second-order valence-corrected chi connectivity index (χ2v) is 13.3. The highest BCUT2D eigenvalue weighted by atomic mass is 16.6. The van der Waals surface area contributed by atoms with Gasteiger partial charge in [-0.25, -0.2) is 0 Å². The van der Waals surface area contributed by atoms with Gasteiger partial charge in [0.15, 0.2) is 11.5 Å². The Morgan fingerprint density at radius 2 is 1.89 bits per heavy atom. The van der Waals surface area contributed by atoms with E-state index in [0.717, 1.165) is 41.8 Å². The maximum Gasteiger partial charge on any atom is 0.308 e.